The van der Waals surface area contributed by atoms with E-state index in [2.05, 4.69) is 11.9 Å². The Morgan fingerprint density at radius 2 is 2.21 bits per heavy atom. The quantitative estimate of drug-likeness (QED) is 0.817. The number of hydrogen-bond acceptors (Lipinski definition) is 3. The Balaban J connectivity index is 2.62. The van der Waals surface area contributed by atoms with E-state index in [1.807, 2.05) is 6.92 Å². The molecule has 0 fully saturated rings. The van der Waals surface area contributed by atoms with Gasteiger partial charge in [-0.1, -0.05) is 6.92 Å². The van der Waals surface area contributed by atoms with E-state index < -0.39 is 5.97 Å². The van der Waals surface area contributed by atoms with Crippen molar-refractivity contribution in [2.75, 3.05) is 0 Å². The number of thiazole rings is 1. The molecule has 0 aromatic carbocycles. The summed E-state index contributed by atoms with van der Waals surface area (Å²) < 4.78 is 0. The molecule has 1 aromatic rings. The van der Waals surface area contributed by atoms with Gasteiger partial charge in [-0.3, -0.25) is 4.79 Å². The number of rotatable bonds is 5. The molecule has 0 spiro atoms. The van der Waals surface area contributed by atoms with Crippen LogP contribution in [0.3, 0.4) is 0 Å². The Morgan fingerprint density at radius 1 is 1.50 bits per heavy atom. The smallest absolute Gasteiger partial charge is 0.303 e. The first-order valence-corrected chi connectivity index (χ1v) is 5.62. The fourth-order valence-corrected chi connectivity index (χ4v) is 2.43. The Hall–Kier alpha value is -0.900. The van der Waals surface area contributed by atoms with Crippen LogP contribution in [-0.2, 0) is 17.6 Å². The van der Waals surface area contributed by atoms with Gasteiger partial charge in [-0.05, 0) is 26.2 Å². The molecule has 78 valence electrons. The van der Waals surface area contributed by atoms with E-state index in [0.717, 1.165) is 28.4 Å². The first-order chi connectivity index (χ1) is 6.63. The highest BCUT2D eigenvalue weighted by Crippen LogP contribution is 2.20. The van der Waals surface area contributed by atoms with Gasteiger partial charge in [0, 0.05) is 4.88 Å². The molecule has 0 bridgehead atoms. The molecule has 0 saturated heterocycles. The van der Waals surface area contributed by atoms with Crippen molar-refractivity contribution in [2.45, 2.75) is 39.5 Å². The molecule has 0 amide bonds. The van der Waals surface area contributed by atoms with Crippen LogP contribution in [0.15, 0.2) is 0 Å². The highest BCUT2D eigenvalue weighted by atomic mass is 32.1. The van der Waals surface area contributed by atoms with Gasteiger partial charge in [-0.15, -0.1) is 11.3 Å². The van der Waals surface area contributed by atoms with Gasteiger partial charge in [-0.2, -0.15) is 0 Å². The van der Waals surface area contributed by atoms with Crippen LogP contribution in [0.4, 0.5) is 0 Å². The number of carboxylic acid groups (broad SMARTS) is 1. The van der Waals surface area contributed by atoms with Gasteiger partial charge in [0.05, 0.1) is 17.1 Å². The van der Waals surface area contributed by atoms with Crippen molar-refractivity contribution in [1.82, 2.24) is 4.98 Å². The Kier molecular flexibility index (Phi) is 4.07. The van der Waals surface area contributed by atoms with Crippen LogP contribution in [0, 0.1) is 6.92 Å². The third-order valence-electron chi connectivity index (χ3n) is 1.97. The zero-order valence-corrected chi connectivity index (χ0v) is 9.36. The van der Waals surface area contributed by atoms with Crippen LogP contribution >= 0.6 is 11.3 Å². The summed E-state index contributed by atoms with van der Waals surface area (Å²) >= 11 is 1.65. The van der Waals surface area contributed by atoms with Gasteiger partial charge in [0.15, 0.2) is 0 Å². The Morgan fingerprint density at radius 3 is 2.79 bits per heavy atom. The molecule has 1 rings (SSSR count). The molecule has 1 heterocycles. The van der Waals surface area contributed by atoms with E-state index in [-0.39, 0.29) is 6.42 Å². The number of carbonyl (C=O) groups is 1. The fraction of sp³-hybridized carbons (Fsp3) is 0.600. The summed E-state index contributed by atoms with van der Waals surface area (Å²) in [7, 11) is 0. The lowest BCUT2D eigenvalue weighted by Crippen LogP contribution is -1.96. The summed E-state index contributed by atoms with van der Waals surface area (Å²) in [6.07, 6.45) is 2.90. The molecule has 0 saturated carbocycles. The minimum atomic E-state index is -0.741. The molecule has 4 heteroatoms. The zero-order valence-electron chi connectivity index (χ0n) is 8.54. The molecule has 0 radical (unpaired) electrons. The summed E-state index contributed by atoms with van der Waals surface area (Å²) in [6.45, 7) is 4.07. The topological polar surface area (TPSA) is 50.2 Å². The van der Waals surface area contributed by atoms with E-state index in [9.17, 15) is 4.79 Å². The van der Waals surface area contributed by atoms with Gasteiger partial charge >= 0.3 is 5.97 Å². The van der Waals surface area contributed by atoms with Gasteiger partial charge in [0.2, 0.25) is 0 Å². The second-order valence-corrected chi connectivity index (χ2v) is 4.43. The Bertz CT molecular complexity index is 320. The number of nitrogens with zero attached hydrogens (tertiary/aromatic N) is 1. The normalized spacial score (nSPS) is 10.4. The van der Waals surface area contributed by atoms with Crippen LogP contribution in [0.25, 0.3) is 0 Å². The maximum atomic E-state index is 10.4. The number of carboxylic acids is 1. The van der Waals surface area contributed by atoms with Crippen molar-refractivity contribution in [3.8, 4) is 0 Å². The van der Waals surface area contributed by atoms with Gasteiger partial charge < -0.3 is 5.11 Å². The third-order valence-corrected chi connectivity index (χ3v) is 3.24. The molecule has 14 heavy (non-hydrogen) atoms. The third kappa shape index (κ3) is 3.10. The molecular weight excluding hydrogens is 198 g/mol. The van der Waals surface area contributed by atoms with Crippen molar-refractivity contribution in [3.05, 3.63) is 15.6 Å². The van der Waals surface area contributed by atoms with Crippen LogP contribution in [0.2, 0.25) is 0 Å². The van der Waals surface area contributed by atoms with Gasteiger partial charge in [-0.25, -0.2) is 4.98 Å². The minimum Gasteiger partial charge on any atom is -0.481 e. The van der Waals surface area contributed by atoms with Gasteiger partial charge in [0.1, 0.15) is 0 Å². The summed E-state index contributed by atoms with van der Waals surface area (Å²) in [5, 5.41) is 9.69. The lowest BCUT2D eigenvalue weighted by atomic mass is 10.2. The van der Waals surface area contributed by atoms with Crippen molar-refractivity contribution in [2.24, 2.45) is 0 Å². The monoisotopic (exact) mass is 213 g/mol. The second-order valence-electron chi connectivity index (χ2n) is 3.26. The summed E-state index contributed by atoms with van der Waals surface area (Å²) in [6, 6.07) is 0. The van der Waals surface area contributed by atoms with E-state index >= 15 is 0 Å². The average Bonchev–Trinajstić information content (AvgIpc) is 2.44. The molecule has 1 aromatic heterocycles. The summed E-state index contributed by atoms with van der Waals surface area (Å²) in [4.78, 5) is 15.9. The van der Waals surface area contributed by atoms with E-state index in [4.69, 9.17) is 5.11 Å². The van der Waals surface area contributed by atoms with E-state index in [0.29, 0.717) is 6.42 Å². The van der Waals surface area contributed by atoms with Crippen molar-refractivity contribution < 1.29 is 9.90 Å². The van der Waals surface area contributed by atoms with Gasteiger partial charge in [0.25, 0.3) is 0 Å². The van der Waals surface area contributed by atoms with Crippen LogP contribution in [0.5, 0.6) is 0 Å². The minimum absolute atomic E-state index is 0.203. The molecule has 0 atom stereocenters. The van der Waals surface area contributed by atoms with Crippen molar-refractivity contribution in [3.63, 3.8) is 0 Å². The molecule has 0 unspecified atom stereocenters. The maximum absolute atomic E-state index is 10.4. The predicted molar refractivity (Wildman–Crippen MR) is 56.8 cm³/mol. The Labute approximate surface area is 87.8 Å². The highest BCUT2D eigenvalue weighted by Gasteiger charge is 2.08. The highest BCUT2D eigenvalue weighted by molar-refractivity contribution is 7.11. The van der Waals surface area contributed by atoms with Crippen LogP contribution in [0.1, 0.15) is 35.3 Å². The molecule has 0 aliphatic rings. The molecule has 3 nitrogen and oxygen atoms in total. The molecule has 0 aliphatic carbocycles. The van der Waals surface area contributed by atoms with Crippen LogP contribution in [-0.4, -0.2) is 16.1 Å². The first kappa shape index (κ1) is 11.2. The molecular formula is C10H15NO2S. The summed E-state index contributed by atoms with van der Waals surface area (Å²) in [5.41, 5.74) is 1.000. The molecule has 0 aliphatic heterocycles. The number of aliphatic carboxylic acids is 1. The van der Waals surface area contributed by atoms with Crippen molar-refractivity contribution in [1.29, 1.82) is 0 Å². The van der Waals surface area contributed by atoms with Crippen molar-refractivity contribution >= 4 is 17.3 Å². The number of aryl methyl sites for hydroxylation is 3. The standard InChI is InChI=1S/C10H15NO2S/c1-3-4-9-11-7(2)8(14-9)5-6-10(12)13/h3-6H2,1-2H3,(H,12,13). The lowest BCUT2D eigenvalue weighted by molar-refractivity contribution is -0.136. The number of aromatic nitrogens is 1. The van der Waals surface area contributed by atoms with Crippen LogP contribution < -0.4 is 0 Å². The SMILES string of the molecule is CCCc1nc(C)c(CCC(=O)O)s1. The lowest BCUT2D eigenvalue weighted by Gasteiger charge is -1.93. The summed E-state index contributed by atoms with van der Waals surface area (Å²) in [5.74, 6) is -0.741. The number of hydrogen-bond donors (Lipinski definition) is 1. The van der Waals surface area contributed by atoms with E-state index in [1.165, 1.54) is 0 Å². The second kappa shape index (κ2) is 5.10. The fourth-order valence-electron chi connectivity index (χ4n) is 1.26. The largest absolute Gasteiger partial charge is 0.481 e. The first-order valence-electron chi connectivity index (χ1n) is 4.80. The maximum Gasteiger partial charge on any atom is 0.303 e. The van der Waals surface area contributed by atoms with E-state index in [1.54, 1.807) is 11.3 Å². The predicted octanol–water partition coefficient (Wildman–Crippen LogP) is 2.42. The average molecular weight is 213 g/mol. The zero-order chi connectivity index (χ0) is 10.6. The molecule has 1 N–H and O–H groups in total.